The van der Waals surface area contributed by atoms with Gasteiger partial charge in [-0.3, -0.25) is 0 Å². The molecular formula is C24H18O. The van der Waals surface area contributed by atoms with Crippen molar-refractivity contribution in [3.63, 3.8) is 0 Å². The van der Waals surface area contributed by atoms with Gasteiger partial charge in [0, 0.05) is 0 Å². The average molecular weight is 322 g/mol. The SMILES string of the molecule is O.c1ccc2c(c1)-c1ccccc1-2.c1ccc2c(c1)-c1ccccc1-2. The molecule has 0 bridgehead atoms. The summed E-state index contributed by atoms with van der Waals surface area (Å²) in [7, 11) is 0. The zero-order valence-electron chi connectivity index (χ0n) is 13.7. The second kappa shape index (κ2) is 6.04. The highest BCUT2D eigenvalue weighted by atomic mass is 16.0. The lowest BCUT2D eigenvalue weighted by molar-refractivity contribution is 0.824. The fourth-order valence-corrected chi connectivity index (χ4v) is 3.69. The summed E-state index contributed by atoms with van der Waals surface area (Å²) in [6.07, 6.45) is 0. The molecule has 0 atom stereocenters. The molecule has 4 aromatic rings. The van der Waals surface area contributed by atoms with Crippen molar-refractivity contribution in [3.05, 3.63) is 97.1 Å². The molecule has 2 aliphatic carbocycles. The molecule has 0 unspecified atom stereocenters. The summed E-state index contributed by atoms with van der Waals surface area (Å²) in [5, 5.41) is 0. The van der Waals surface area contributed by atoms with Gasteiger partial charge < -0.3 is 5.48 Å². The molecule has 6 rings (SSSR count). The minimum absolute atomic E-state index is 0. The van der Waals surface area contributed by atoms with Crippen molar-refractivity contribution < 1.29 is 5.48 Å². The third-order valence-corrected chi connectivity index (χ3v) is 4.87. The number of hydrogen-bond acceptors (Lipinski definition) is 0. The molecule has 0 radical (unpaired) electrons. The predicted octanol–water partition coefficient (Wildman–Crippen LogP) is 5.84. The largest absolute Gasteiger partial charge is 0.412 e. The molecule has 120 valence electrons. The maximum absolute atomic E-state index is 2.18. The lowest BCUT2D eigenvalue weighted by atomic mass is 9.81. The van der Waals surface area contributed by atoms with Crippen LogP contribution in [0.25, 0.3) is 44.5 Å². The third kappa shape index (κ3) is 2.29. The second-order valence-corrected chi connectivity index (χ2v) is 6.18. The highest BCUT2D eigenvalue weighted by molar-refractivity contribution is 6.02. The second-order valence-electron chi connectivity index (χ2n) is 6.18. The fraction of sp³-hybridized carbons (Fsp3) is 0. The molecule has 0 heterocycles. The average Bonchev–Trinajstić information content (AvgIpc) is 2.64. The maximum Gasteiger partial charge on any atom is -0.00990 e. The Balaban J connectivity index is 0.000000121. The van der Waals surface area contributed by atoms with Gasteiger partial charge in [0.05, 0.1) is 0 Å². The first-order valence-corrected chi connectivity index (χ1v) is 8.31. The summed E-state index contributed by atoms with van der Waals surface area (Å²) >= 11 is 0. The van der Waals surface area contributed by atoms with Crippen molar-refractivity contribution >= 4 is 0 Å². The van der Waals surface area contributed by atoms with E-state index in [2.05, 4.69) is 97.1 Å². The van der Waals surface area contributed by atoms with E-state index in [1.54, 1.807) is 0 Å². The van der Waals surface area contributed by atoms with Gasteiger partial charge in [-0.05, 0) is 44.5 Å². The van der Waals surface area contributed by atoms with Gasteiger partial charge in [-0.2, -0.15) is 0 Å². The molecule has 0 saturated heterocycles. The van der Waals surface area contributed by atoms with E-state index < -0.39 is 0 Å². The van der Waals surface area contributed by atoms with E-state index >= 15 is 0 Å². The molecule has 4 aromatic carbocycles. The van der Waals surface area contributed by atoms with Gasteiger partial charge in [-0.1, -0.05) is 97.1 Å². The topological polar surface area (TPSA) is 31.5 Å². The van der Waals surface area contributed by atoms with Crippen LogP contribution in [0.3, 0.4) is 0 Å². The first-order chi connectivity index (χ1) is 11.9. The molecule has 2 N–H and O–H groups in total. The van der Waals surface area contributed by atoms with Crippen molar-refractivity contribution in [2.24, 2.45) is 0 Å². The van der Waals surface area contributed by atoms with Gasteiger partial charge in [0.15, 0.2) is 0 Å². The molecule has 0 spiro atoms. The van der Waals surface area contributed by atoms with Crippen molar-refractivity contribution in [1.29, 1.82) is 0 Å². The molecule has 0 saturated carbocycles. The Bertz CT molecular complexity index is 776. The van der Waals surface area contributed by atoms with Crippen LogP contribution in [-0.4, -0.2) is 5.48 Å². The van der Waals surface area contributed by atoms with Crippen molar-refractivity contribution in [3.8, 4) is 44.5 Å². The molecule has 0 aliphatic heterocycles. The van der Waals surface area contributed by atoms with E-state index in [1.807, 2.05) is 0 Å². The summed E-state index contributed by atoms with van der Waals surface area (Å²) in [5.74, 6) is 0. The number of benzene rings is 4. The molecule has 0 amide bonds. The Morgan fingerprint density at radius 1 is 0.240 bits per heavy atom. The van der Waals surface area contributed by atoms with Gasteiger partial charge in [0.25, 0.3) is 0 Å². The molecule has 0 fully saturated rings. The summed E-state index contributed by atoms with van der Waals surface area (Å²) in [6.45, 7) is 0. The van der Waals surface area contributed by atoms with Crippen molar-refractivity contribution in [2.75, 3.05) is 0 Å². The van der Waals surface area contributed by atoms with E-state index in [9.17, 15) is 0 Å². The Hall–Kier alpha value is -3.16. The van der Waals surface area contributed by atoms with Crippen LogP contribution in [0.4, 0.5) is 0 Å². The van der Waals surface area contributed by atoms with E-state index in [0.29, 0.717) is 0 Å². The van der Waals surface area contributed by atoms with E-state index in [0.717, 1.165) is 0 Å². The van der Waals surface area contributed by atoms with Crippen LogP contribution in [0.5, 0.6) is 0 Å². The summed E-state index contributed by atoms with van der Waals surface area (Å²) < 4.78 is 0. The third-order valence-electron chi connectivity index (χ3n) is 4.87. The van der Waals surface area contributed by atoms with Gasteiger partial charge in [-0.25, -0.2) is 0 Å². The Morgan fingerprint density at radius 2 is 0.360 bits per heavy atom. The quantitative estimate of drug-likeness (QED) is 0.336. The van der Waals surface area contributed by atoms with Crippen LogP contribution in [0.2, 0.25) is 0 Å². The lowest BCUT2D eigenvalue weighted by Crippen LogP contribution is -1.96. The van der Waals surface area contributed by atoms with Crippen LogP contribution < -0.4 is 0 Å². The number of hydrogen-bond donors (Lipinski definition) is 0. The van der Waals surface area contributed by atoms with Gasteiger partial charge in [-0.15, -0.1) is 0 Å². The minimum Gasteiger partial charge on any atom is -0.412 e. The first-order valence-electron chi connectivity index (χ1n) is 8.31. The fourth-order valence-electron chi connectivity index (χ4n) is 3.69. The lowest BCUT2D eigenvalue weighted by Gasteiger charge is -2.22. The molecule has 1 nitrogen and oxygen atoms in total. The van der Waals surface area contributed by atoms with Gasteiger partial charge in [0.1, 0.15) is 0 Å². The predicted molar refractivity (Wildman–Crippen MR) is 105 cm³/mol. The van der Waals surface area contributed by atoms with E-state index in [-0.39, 0.29) is 5.48 Å². The molecular weight excluding hydrogens is 304 g/mol. The van der Waals surface area contributed by atoms with Crippen LogP contribution in [0.1, 0.15) is 0 Å². The van der Waals surface area contributed by atoms with Crippen molar-refractivity contribution in [2.45, 2.75) is 0 Å². The first kappa shape index (κ1) is 15.4. The Morgan fingerprint density at radius 3 is 0.480 bits per heavy atom. The highest BCUT2D eigenvalue weighted by Gasteiger charge is 2.20. The molecule has 1 heteroatoms. The van der Waals surface area contributed by atoms with Gasteiger partial charge >= 0.3 is 0 Å². The standard InChI is InChI=1S/2C12H8.H2O/c2*1-2-6-10-9(5-1)11-7-3-4-8-12(10)11;/h2*1-8H;1H2. The van der Waals surface area contributed by atoms with Gasteiger partial charge in [0.2, 0.25) is 0 Å². The maximum atomic E-state index is 2.18. The zero-order valence-corrected chi connectivity index (χ0v) is 13.7. The zero-order chi connectivity index (χ0) is 15.9. The van der Waals surface area contributed by atoms with Crippen LogP contribution in [0, 0.1) is 0 Å². The van der Waals surface area contributed by atoms with E-state index in [1.165, 1.54) is 44.5 Å². The minimum atomic E-state index is 0. The summed E-state index contributed by atoms with van der Waals surface area (Å²) in [5.41, 5.74) is 11.2. The monoisotopic (exact) mass is 322 g/mol. The molecule has 25 heavy (non-hydrogen) atoms. The number of rotatable bonds is 0. The van der Waals surface area contributed by atoms with Crippen LogP contribution in [0.15, 0.2) is 97.1 Å². The smallest absolute Gasteiger partial charge is 0.00990 e. The summed E-state index contributed by atoms with van der Waals surface area (Å²) in [4.78, 5) is 0. The molecule has 0 aromatic heterocycles. The Kier molecular flexibility index (Phi) is 3.72. The number of fused-ring (bicyclic) bond motifs is 8. The Labute approximate surface area is 147 Å². The van der Waals surface area contributed by atoms with E-state index in [4.69, 9.17) is 0 Å². The molecule has 2 aliphatic rings. The van der Waals surface area contributed by atoms with Crippen molar-refractivity contribution in [1.82, 2.24) is 0 Å². The summed E-state index contributed by atoms with van der Waals surface area (Å²) in [6, 6.07) is 34.2. The van der Waals surface area contributed by atoms with Crippen LogP contribution >= 0.6 is 0 Å². The highest BCUT2D eigenvalue weighted by Crippen LogP contribution is 2.46. The van der Waals surface area contributed by atoms with Crippen LogP contribution in [-0.2, 0) is 0 Å². The normalized spacial score (nSPS) is 10.9.